The SMILES string of the molecule is O=C(O)C(OCCCc1ccccc1)C1CC1. The molecule has 0 amide bonds. The maximum atomic E-state index is 10.9. The van der Waals surface area contributed by atoms with Gasteiger partial charge in [-0.3, -0.25) is 0 Å². The van der Waals surface area contributed by atoms with Gasteiger partial charge in [0.15, 0.2) is 6.10 Å². The molecule has 0 aromatic heterocycles. The minimum absolute atomic E-state index is 0.254. The Labute approximate surface area is 101 Å². The van der Waals surface area contributed by atoms with E-state index in [0.29, 0.717) is 6.61 Å². The van der Waals surface area contributed by atoms with Crippen LogP contribution in [-0.2, 0) is 16.0 Å². The Kier molecular flexibility index (Phi) is 4.15. The molecule has 0 spiro atoms. The van der Waals surface area contributed by atoms with Crippen molar-refractivity contribution in [3.05, 3.63) is 35.9 Å². The van der Waals surface area contributed by atoms with E-state index in [2.05, 4.69) is 12.1 Å². The maximum Gasteiger partial charge on any atom is 0.333 e. The van der Waals surface area contributed by atoms with Crippen LogP contribution in [-0.4, -0.2) is 23.8 Å². The molecule has 1 aromatic rings. The van der Waals surface area contributed by atoms with Crippen LogP contribution in [0.25, 0.3) is 0 Å². The second kappa shape index (κ2) is 5.82. The van der Waals surface area contributed by atoms with Crippen molar-refractivity contribution in [2.45, 2.75) is 31.8 Å². The number of carboxylic acid groups (broad SMARTS) is 1. The highest BCUT2D eigenvalue weighted by atomic mass is 16.5. The predicted molar refractivity (Wildman–Crippen MR) is 64.9 cm³/mol. The standard InChI is InChI=1S/C14H18O3/c15-14(16)13(12-8-9-12)17-10-4-7-11-5-2-1-3-6-11/h1-3,5-6,12-13H,4,7-10H2,(H,15,16). The fourth-order valence-electron chi connectivity index (χ4n) is 1.94. The van der Waals surface area contributed by atoms with E-state index >= 15 is 0 Å². The van der Waals surface area contributed by atoms with E-state index in [1.54, 1.807) is 0 Å². The van der Waals surface area contributed by atoms with Gasteiger partial charge in [-0.2, -0.15) is 0 Å². The highest BCUT2D eigenvalue weighted by Gasteiger charge is 2.36. The number of carbonyl (C=O) groups is 1. The number of benzene rings is 1. The number of rotatable bonds is 7. The first-order valence-electron chi connectivity index (χ1n) is 6.15. The van der Waals surface area contributed by atoms with Gasteiger partial charge in [0.25, 0.3) is 0 Å². The molecule has 1 saturated carbocycles. The third-order valence-corrected chi connectivity index (χ3v) is 3.04. The summed E-state index contributed by atoms with van der Waals surface area (Å²) in [6.07, 6.45) is 3.23. The minimum Gasteiger partial charge on any atom is -0.479 e. The monoisotopic (exact) mass is 234 g/mol. The number of hydrogen-bond donors (Lipinski definition) is 1. The van der Waals surface area contributed by atoms with Gasteiger partial charge in [0.1, 0.15) is 0 Å². The summed E-state index contributed by atoms with van der Waals surface area (Å²) in [5.41, 5.74) is 1.27. The molecule has 1 unspecified atom stereocenters. The Morgan fingerprint density at radius 1 is 1.35 bits per heavy atom. The van der Waals surface area contributed by atoms with Crippen LogP contribution in [0.1, 0.15) is 24.8 Å². The number of hydrogen-bond acceptors (Lipinski definition) is 2. The number of ether oxygens (including phenoxy) is 1. The second-order valence-corrected chi connectivity index (χ2v) is 4.56. The van der Waals surface area contributed by atoms with Crippen LogP contribution in [0.3, 0.4) is 0 Å². The smallest absolute Gasteiger partial charge is 0.333 e. The first-order valence-corrected chi connectivity index (χ1v) is 6.15. The largest absolute Gasteiger partial charge is 0.479 e. The van der Waals surface area contributed by atoms with Crippen molar-refractivity contribution >= 4 is 5.97 Å². The van der Waals surface area contributed by atoms with Crippen molar-refractivity contribution in [1.82, 2.24) is 0 Å². The van der Waals surface area contributed by atoms with E-state index in [1.807, 2.05) is 18.2 Å². The molecule has 92 valence electrons. The van der Waals surface area contributed by atoms with Crippen molar-refractivity contribution in [2.75, 3.05) is 6.61 Å². The average Bonchev–Trinajstić information content (AvgIpc) is 3.14. The summed E-state index contributed by atoms with van der Waals surface area (Å²) < 4.78 is 5.45. The summed E-state index contributed by atoms with van der Waals surface area (Å²) in [4.78, 5) is 10.9. The lowest BCUT2D eigenvalue weighted by atomic mass is 10.1. The van der Waals surface area contributed by atoms with Gasteiger partial charge in [0.05, 0.1) is 0 Å². The zero-order chi connectivity index (χ0) is 12.1. The summed E-state index contributed by atoms with van der Waals surface area (Å²) in [6, 6.07) is 10.2. The molecule has 0 bridgehead atoms. The van der Waals surface area contributed by atoms with Crippen LogP contribution in [0.5, 0.6) is 0 Å². The Balaban J connectivity index is 1.67. The highest BCUT2D eigenvalue weighted by Crippen LogP contribution is 2.34. The van der Waals surface area contributed by atoms with Gasteiger partial charge in [0.2, 0.25) is 0 Å². The van der Waals surface area contributed by atoms with Crippen molar-refractivity contribution in [2.24, 2.45) is 5.92 Å². The van der Waals surface area contributed by atoms with Crippen LogP contribution >= 0.6 is 0 Å². The normalized spacial score (nSPS) is 16.7. The molecule has 1 atom stereocenters. The first-order chi connectivity index (χ1) is 8.27. The summed E-state index contributed by atoms with van der Waals surface area (Å²) in [5.74, 6) is -0.559. The molecule has 0 radical (unpaired) electrons. The fraction of sp³-hybridized carbons (Fsp3) is 0.500. The van der Waals surface area contributed by atoms with Crippen molar-refractivity contribution in [3.8, 4) is 0 Å². The van der Waals surface area contributed by atoms with Crippen LogP contribution < -0.4 is 0 Å². The van der Waals surface area contributed by atoms with Gasteiger partial charge < -0.3 is 9.84 Å². The molecule has 2 rings (SSSR count). The molecule has 1 aliphatic carbocycles. The predicted octanol–water partition coefficient (Wildman–Crippen LogP) is 2.50. The van der Waals surface area contributed by atoms with E-state index in [0.717, 1.165) is 25.7 Å². The van der Waals surface area contributed by atoms with Gasteiger partial charge in [-0.05, 0) is 37.2 Å². The van der Waals surface area contributed by atoms with E-state index in [-0.39, 0.29) is 5.92 Å². The van der Waals surface area contributed by atoms with Crippen LogP contribution in [0.15, 0.2) is 30.3 Å². The molecular weight excluding hydrogens is 216 g/mol. The van der Waals surface area contributed by atoms with E-state index < -0.39 is 12.1 Å². The van der Waals surface area contributed by atoms with Gasteiger partial charge in [-0.1, -0.05) is 30.3 Å². The van der Waals surface area contributed by atoms with E-state index in [9.17, 15) is 4.79 Å². The van der Waals surface area contributed by atoms with E-state index in [1.165, 1.54) is 5.56 Å². The van der Waals surface area contributed by atoms with Crippen molar-refractivity contribution in [1.29, 1.82) is 0 Å². The quantitative estimate of drug-likeness (QED) is 0.737. The van der Waals surface area contributed by atoms with Crippen LogP contribution in [0.2, 0.25) is 0 Å². The maximum absolute atomic E-state index is 10.9. The number of aryl methyl sites for hydroxylation is 1. The minimum atomic E-state index is -0.813. The molecule has 17 heavy (non-hydrogen) atoms. The Hall–Kier alpha value is -1.35. The summed E-state index contributed by atoms with van der Waals surface area (Å²) in [5, 5.41) is 8.98. The van der Waals surface area contributed by atoms with Gasteiger partial charge in [-0.15, -0.1) is 0 Å². The molecule has 1 fully saturated rings. The van der Waals surface area contributed by atoms with Gasteiger partial charge in [-0.25, -0.2) is 4.79 Å². The molecular formula is C14H18O3. The van der Waals surface area contributed by atoms with Crippen LogP contribution in [0.4, 0.5) is 0 Å². The lowest BCUT2D eigenvalue weighted by molar-refractivity contribution is -0.151. The van der Waals surface area contributed by atoms with Gasteiger partial charge in [0, 0.05) is 6.61 Å². The van der Waals surface area contributed by atoms with Crippen molar-refractivity contribution in [3.63, 3.8) is 0 Å². The molecule has 0 heterocycles. The summed E-state index contributed by atoms with van der Waals surface area (Å²) in [6.45, 7) is 0.530. The lowest BCUT2D eigenvalue weighted by Crippen LogP contribution is -2.26. The Morgan fingerprint density at radius 2 is 2.06 bits per heavy atom. The highest BCUT2D eigenvalue weighted by molar-refractivity contribution is 5.73. The molecule has 1 aliphatic rings. The molecule has 0 saturated heterocycles. The molecule has 1 aromatic carbocycles. The Morgan fingerprint density at radius 3 is 2.65 bits per heavy atom. The third kappa shape index (κ3) is 3.86. The molecule has 0 aliphatic heterocycles. The molecule has 3 nitrogen and oxygen atoms in total. The Bertz CT molecular complexity index is 357. The lowest BCUT2D eigenvalue weighted by Gasteiger charge is -2.12. The first kappa shape index (κ1) is 12.1. The van der Waals surface area contributed by atoms with E-state index in [4.69, 9.17) is 9.84 Å². The average molecular weight is 234 g/mol. The zero-order valence-corrected chi connectivity index (χ0v) is 9.84. The second-order valence-electron chi connectivity index (χ2n) is 4.56. The fourth-order valence-corrected chi connectivity index (χ4v) is 1.94. The van der Waals surface area contributed by atoms with Crippen molar-refractivity contribution < 1.29 is 14.6 Å². The third-order valence-electron chi connectivity index (χ3n) is 3.04. The molecule has 3 heteroatoms. The van der Waals surface area contributed by atoms with Gasteiger partial charge >= 0.3 is 5.97 Å². The van der Waals surface area contributed by atoms with Crippen LogP contribution in [0, 0.1) is 5.92 Å². The topological polar surface area (TPSA) is 46.5 Å². The number of carboxylic acids is 1. The summed E-state index contributed by atoms with van der Waals surface area (Å²) in [7, 11) is 0. The molecule has 1 N–H and O–H groups in total. The summed E-state index contributed by atoms with van der Waals surface area (Å²) >= 11 is 0. The zero-order valence-electron chi connectivity index (χ0n) is 9.84. The number of aliphatic carboxylic acids is 1.